The molecule has 0 aliphatic heterocycles. The van der Waals surface area contributed by atoms with Crippen molar-refractivity contribution in [3.05, 3.63) is 70.4 Å². The molecule has 17 heavy (non-hydrogen) atoms. The molecule has 1 aliphatic rings. The monoisotopic (exact) mass is 216 g/mol. The SMILES string of the molecule is [C-]#[N+]c1ccc2c(c1)-c1c(cccc1[N+]#[C-])C2. The van der Waals surface area contributed by atoms with Gasteiger partial charge in [-0.2, -0.15) is 0 Å². The van der Waals surface area contributed by atoms with Crippen LogP contribution in [0.15, 0.2) is 36.4 Å². The molecule has 0 fully saturated rings. The summed E-state index contributed by atoms with van der Waals surface area (Å²) in [6, 6.07) is 11.6. The molecule has 0 atom stereocenters. The molecule has 2 aromatic rings. The molecule has 0 bridgehead atoms. The molecular formula is C15H8N2. The Morgan fingerprint density at radius 3 is 2.59 bits per heavy atom. The van der Waals surface area contributed by atoms with Crippen LogP contribution in [0.1, 0.15) is 11.1 Å². The van der Waals surface area contributed by atoms with Crippen LogP contribution in [0.25, 0.3) is 20.8 Å². The van der Waals surface area contributed by atoms with Gasteiger partial charge in [0, 0.05) is 0 Å². The summed E-state index contributed by atoms with van der Waals surface area (Å²) < 4.78 is 0. The Balaban J connectivity index is 2.33. The summed E-state index contributed by atoms with van der Waals surface area (Å²) in [4.78, 5) is 7.02. The maximum absolute atomic E-state index is 7.22. The van der Waals surface area contributed by atoms with Crippen LogP contribution >= 0.6 is 0 Å². The molecule has 0 N–H and O–H groups in total. The molecule has 1 aliphatic carbocycles. The van der Waals surface area contributed by atoms with Crippen molar-refractivity contribution in [3.63, 3.8) is 0 Å². The van der Waals surface area contributed by atoms with Gasteiger partial charge in [0.1, 0.15) is 0 Å². The van der Waals surface area contributed by atoms with Crippen molar-refractivity contribution in [2.45, 2.75) is 6.42 Å². The minimum Gasteiger partial charge on any atom is -0.238 e. The molecule has 0 radical (unpaired) electrons. The van der Waals surface area contributed by atoms with Gasteiger partial charge >= 0.3 is 0 Å². The van der Waals surface area contributed by atoms with Crippen molar-refractivity contribution in [1.82, 2.24) is 0 Å². The minimum absolute atomic E-state index is 0.636. The predicted octanol–water partition coefficient (Wildman–Crippen LogP) is 4.36. The molecule has 78 valence electrons. The van der Waals surface area contributed by atoms with Gasteiger partial charge in [-0.3, -0.25) is 0 Å². The van der Waals surface area contributed by atoms with Crippen LogP contribution in [0.5, 0.6) is 0 Å². The summed E-state index contributed by atoms with van der Waals surface area (Å²) in [6.07, 6.45) is 0.867. The zero-order valence-corrected chi connectivity index (χ0v) is 9.07. The Kier molecular flexibility index (Phi) is 1.97. The fourth-order valence-corrected chi connectivity index (χ4v) is 2.36. The van der Waals surface area contributed by atoms with Crippen LogP contribution in [-0.2, 0) is 6.42 Å². The van der Waals surface area contributed by atoms with Crippen LogP contribution in [0.2, 0.25) is 0 Å². The third-order valence-corrected chi connectivity index (χ3v) is 3.12. The van der Waals surface area contributed by atoms with Gasteiger partial charge in [0.2, 0.25) is 0 Å². The number of benzene rings is 2. The van der Waals surface area contributed by atoms with Gasteiger partial charge in [-0.15, -0.1) is 0 Å². The highest BCUT2D eigenvalue weighted by atomic mass is 14.7. The lowest BCUT2D eigenvalue weighted by atomic mass is 10.0. The predicted molar refractivity (Wildman–Crippen MR) is 67.2 cm³/mol. The standard InChI is InChI=1S/C15H8N2/c1-16-12-7-6-10-8-11-4-3-5-14(17-2)15(11)13(10)9-12/h3-7,9H,8H2. The van der Waals surface area contributed by atoms with E-state index in [4.69, 9.17) is 13.1 Å². The van der Waals surface area contributed by atoms with E-state index in [-0.39, 0.29) is 0 Å². The Morgan fingerprint density at radius 1 is 0.941 bits per heavy atom. The topological polar surface area (TPSA) is 8.72 Å². The average Bonchev–Trinajstić information content (AvgIpc) is 2.75. The average molecular weight is 216 g/mol. The van der Waals surface area contributed by atoms with Gasteiger partial charge in [0.15, 0.2) is 11.4 Å². The number of hydrogen-bond acceptors (Lipinski definition) is 0. The van der Waals surface area contributed by atoms with Gasteiger partial charge in [-0.25, -0.2) is 9.69 Å². The Morgan fingerprint density at radius 2 is 1.82 bits per heavy atom. The zero-order chi connectivity index (χ0) is 11.8. The van der Waals surface area contributed by atoms with E-state index >= 15 is 0 Å². The summed E-state index contributed by atoms with van der Waals surface area (Å²) in [6.45, 7) is 14.3. The first-order chi connectivity index (χ1) is 8.33. The van der Waals surface area contributed by atoms with E-state index in [0.717, 1.165) is 17.5 Å². The largest absolute Gasteiger partial charge is 0.238 e. The maximum atomic E-state index is 7.22. The highest BCUT2D eigenvalue weighted by Gasteiger charge is 2.21. The summed E-state index contributed by atoms with van der Waals surface area (Å²) in [5, 5.41) is 0. The van der Waals surface area contributed by atoms with Crippen molar-refractivity contribution < 1.29 is 0 Å². The lowest BCUT2D eigenvalue weighted by Gasteiger charge is -2.03. The number of nitrogens with zero attached hydrogens (tertiary/aromatic N) is 2. The molecular weight excluding hydrogens is 208 g/mol. The van der Waals surface area contributed by atoms with Crippen molar-refractivity contribution in [3.8, 4) is 11.1 Å². The Bertz CT molecular complexity index is 700. The van der Waals surface area contributed by atoms with Crippen molar-refractivity contribution in [2.75, 3.05) is 0 Å². The lowest BCUT2D eigenvalue weighted by Crippen LogP contribution is -1.78. The quantitative estimate of drug-likeness (QED) is 0.494. The molecule has 0 saturated carbocycles. The summed E-state index contributed by atoms with van der Waals surface area (Å²) in [5.74, 6) is 0. The van der Waals surface area contributed by atoms with Crippen LogP contribution in [-0.4, -0.2) is 0 Å². The van der Waals surface area contributed by atoms with Crippen LogP contribution in [0.3, 0.4) is 0 Å². The van der Waals surface area contributed by atoms with E-state index in [1.807, 2.05) is 30.3 Å². The number of hydrogen-bond donors (Lipinski definition) is 0. The van der Waals surface area contributed by atoms with Gasteiger partial charge in [0.25, 0.3) is 0 Å². The van der Waals surface area contributed by atoms with Crippen LogP contribution in [0, 0.1) is 13.1 Å². The van der Waals surface area contributed by atoms with Crippen molar-refractivity contribution in [1.29, 1.82) is 0 Å². The van der Waals surface area contributed by atoms with E-state index in [1.165, 1.54) is 11.1 Å². The first kappa shape index (κ1) is 9.63. The maximum Gasteiger partial charge on any atom is 0.195 e. The van der Waals surface area contributed by atoms with Crippen LogP contribution < -0.4 is 0 Å². The van der Waals surface area contributed by atoms with Crippen molar-refractivity contribution >= 4 is 11.4 Å². The van der Waals surface area contributed by atoms with Gasteiger partial charge in [-0.05, 0) is 34.7 Å². The molecule has 0 unspecified atom stereocenters. The zero-order valence-electron chi connectivity index (χ0n) is 9.07. The van der Waals surface area contributed by atoms with E-state index in [0.29, 0.717) is 11.4 Å². The second-order valence-corrected chi connectivity index (χ2v) is 4.05. The number of fused-ring (bicyclic) bond motifs is 3. The first-order valence-corrected chi connectivity index (χ1v) is 5.33. The third kappa shape index (κ3) is 1.32. The number of rotatable bonds is 0. The molecule has 0 saturated heterocycles. The van der Waals surface area contributed by atoms with Gasteiger partial charge in [-0.1, -0.05) is 30.3 Å². The Labute approximate surface area is 99.8 Å². The third-order valence-electron chi connectivity index (χ3n) is 3.12. The molecule has 0 aromatic heterocycles. The molecule has 0 amide bonds. The second kappa shape index (κ2) is 3.47. The second-order valence-electron chi connectivity index (χ2n) is 4.05. The fourth-order valence-electron chi connectivity index (χ4n) is 2.36. The summed E-state index contributed by atoms with van der Waals surface area (Å²) in [5.41, 5.74) is 5.79. The molecule has 2 aromatic carbocycles. The summed E-state index contributed by atoms with van der Waals surface area (Å²) in [7, 11) is 0. The van der Waals surface area contributed by atoms with Crippen molar-refractivity contribution in [2.24, 2.45) is 0 Å². The van der Waals surface area contributed by atoms with Gasteiger partial charge in [0.05, 0.1) is 13.1 Å². The van der Waals surface area contributed by atoms with Gasteiger partial charge < -0.3 is 0 Å². The summed E-state index contributed by atoms with van der Waals surface area (Å²) >= 11 is 0. The molecule has 2 heteroatoms. The molecule has 3 rings (SSSR count). The molecule has 0 heterocycles. The highest BCUT2D eigenvalue weighted by Crippen LogP contribution is 2.43. The lowest BCUT2D eigenvalue weighted by molar-refractivity contribution is 1.26. The fraction of sp³-hybridized carbons (Fsp3) is 0.0667. The highest BCUT2D eigenvalue weighted by molar-refractivity contribution is 5.88. The minimum atomic E-state index is 0.636. The Hall–Kier alpha value is -2.58. The smallest absolute Gasteiger partial charge is 0.195 e. The normalized spacial score (nSPS) is 11.2. The van der Waals surface area contributed by atoms with Crippen LogP contribution in [0.4, 0.5) is 11.4 Å². The van der Waals surface area contributed by atoms with E-state index < -0.39 is 0 Å². The molecule has 2 nitrogen and oxygen atoms in total. The first-order valence-electron chi connectivity index (χ1n) is 5.33. The van der Waals surface area contributed by atoms with E-state index in [1.54, 1.807) is 0 Å². The van der Waals surface area contributed by atoms with E-state index in [2.05, 4.69) is 15.8 Å². The molecule has 0 spiro atoms. The van der Waals surface area contributed by atoms with E-state index in [9.17, 15) is 0 Å².